The predicted molar refractivity (Wildman–Crippen MR) is 108 cm³/mol. The van der Waals surface area contributed by atoms with Crippen molar-refractivity contribution < 1.29 is 4.79 Å². The van der Waals surface area contributed by atoms with Crippen LogP contribution in [0.5, 0.6) is 0 Å². The molecule has 0 heterocycles. The summed E-state index contributed by atoms with van der Waals surface area (Å²) in [5, 5.41) is 6.26. The van der Waals surface area contributed by atoms with E-state index < -0.39 is 15.9 Å². The molecule has 0 saturated carbocycles. The normalized spacial score (nSPS) is 12.6. The Morgan fingerprint density at radius 2 is 1.52 bits per heavy atom. The molecular weight excluding hydrogens is 449 g/mol. The van der Waals surface area contributed by atoms with Gasteiger partial charge in [-0.05, 0) is 31.2 Å². The first kappa shape index (κ1) is 20.8. The van der Waals surface area contributed by atoms with Crippen molar-refractivity contribution in [2.24, 2.45) is 0 Å². The maximum Gasteiger partial charge on any atom is 0.252 e. The number of carbonyl (C=O) groups is 1. The number of alkyl halides is 3. The van der Waals surface area contributed by atoms with Crippen LogP contribution in [0.2, 0.25) is 15.1 Å². The van der Waals surface area contributed by atoms with E-state index in [4.69, 9.17) is 69.6 Å². The van der Waals surface area contributed by atoms with Gasteiger partial charge in [0, 0.05) is 10.6 Å². The minimum absolute atomic E-state index is 0.223. The third kappa shape index (κ3) is 5.72. The number of aryl methyl sites for hydroxylation is 1. The van der Waals surface area contributed by atoms with Crippen molar-refractivity contribution in [2.45, 2.75) is 16.9 Å². The van der Waals surface area contributed by atoms with Crippen molar-refractivity contribution in [3.05, 3.63) is 62.6 Å². The molecule has 0 saturated heterocycles. The molecule has 2 aromatic carbocycles. The van der Waals surface area contributed by atoms with Crippen LogP contribution in [0.4, 0.5) is 5.69 Å². The average molecular weight is 461 g/mol. The first-order valence-corrected chi connectivity index (χ1v) is 9.20. The summed E-state index contributed by atoms with van der Waals surface area (Å²) in [6, 6.07) is 9.91. The van der Waals surface area contributed by atoms with E-state index in [1.807, 2.05) is 6.92 Å². The molecule has 0 spiro atoms. The molecule has 2 rings (SSSR count). The molecule has 0 aliphatic rings. The summed E-state index contributed by atoms with van der Waals surface area (Å²) in [6.07, 6.45) is -1.09. The molecule has 1 atom stereocenters. The summed E-state index contributed by atoms with van der Waals surface area (Å²) in [5.74, 6) is -0.426. The van der Waals surface area contributed by atoms with Crippen LogP contribution >= 0.6 is 69.6 Å². The van der Waals surface area contributed by atoms with Gasteiger partial charge in [-0.25, -0.2) is 0 Å². The smallest absolute Gasteiger partial charge is 0.252 e. The van der Waals surface area contributed by atoms with Gasteiger partial charge in [0.1, 0.15) is 6.17 Å². The van der Waals surface area contributed by atoms with Gasteiger partial charge in [-0.1, -0.05) is 87.3 Å². The van der Waals surface area contributed by atoms with Gasteiger partial charge in [-0.15, -0.1) is 0 Å². The summed E-state index contributed by atoms with van der Waals surface area (Å²) in [4.78, 5) is 12.4. The van der Waals surface area contributed by atoms with E-state index in [0.717, 1.165) is 5.56 Å². The number of hydrogen-bond donors (Lipinski definition) is 2. The number of carbonyl (C=O) groups excluding carboxylic acids is 1. The minimum atomic E-state index is -1.87. The molecule has 25 heavy (non-hydrogen) atoms. The zero-order valence-electron chi connectivity index (χ0n) is 12.7. The highest BCUT2D eigenvalue weighted by atomic mass is 35.6. The molecule has 0 aromatic heterocycles. The molecule has 1 amide bonds. The lowest BCUT2D eigenvalue weighted by Crippen LogP contribution is -2.49. The second-order valence-electron chi connectivity index (χ2n) is 5.20. The van der Waals surface area contributed by atoms with Gasteiger partial charge in [0.05, 0.1) is 15.7 Å². The predicted octanol–water partition coefficient (Wildman–Crippen LogP) is 6.49. The lowest BCUT2D eigenvalue weighted by molar-refractivity contribution is 0.0942. The van der Waals surface area contributed by atoms with Crippen molar-refractivity contribution >= 4 is 81.2 Å². The third-order valence-electron chi connectivity index (χ3n) is 3.21. The molecule has 0 aliphatic heterocycles. The lowest BCUT2D eigenvalue weighted by atomic mass is 10.1. The molecule has 3 nitrogen and oxygen atoms in total. The van der Waals surface area contributed by atoms with Gasteiger partial charge in [0.25, 0.3) is 5.91 Å². The van der Waals surface area contributed by atoms with Gasteiger partial charge in [-0.2, -0.15) is 0 Å². The van der Waals surface area contributed by atoms with Crippen molar-refractivity contribution in [1.29, 1.82) is 0 Å². The van der Waals surface area contributed by atoms with E-state index in [1.165, 1.54) is 12.1 Å². The summed E-state index contributed by atoms with van der Waals surface area (Å²) < 4.78 is -1.87. The monoisotopic (exact) mass is 458 g/mol. The zero-order chi connectivity index (χ0) is 18.8. The standard InChI is InChI=1S/C16H12Cl6N2O/c1-8-2-4-9(5-3-8)14(25)24-15(16(20,21)22)23-13-11(18)6-10(17)7-12(13)19/h2-7,15,23H,1H3,(H,24,25). The zero-order valence-corrected chi connectivity index (χ0v) is 17.3. The van der Waals surface area contributed by atoms with E-state index in [0.29, 0.717) is 10.6 Å². The first-order chi connectivity index (χ1) is 11.6. The number of amides is 1. The summed E-state index contributed by atoms with van der Waals surface area (Å²) in [5.41, 5.74) is 1.72. The number of anilines is 1. The third-order valence-corrected chi connectivity index (χ3v) is 4.68. The van der Waals surface area contributed by atoms with Crippen LogP contribution in [0.1, 0.15) is 15.9 Å². The SMILES string of the molecule is Cc1ccc(C(=O)NC(Nc2c(Cl)cc(Cl)cc2Cl)C(Cl)(Cl)Cl)cc1. The Morgan fingerprint density at radius 3 is 2.00 bits per heavy atom. The Balaban J connectivity index is 2.26. The molecule has 2 N–H and O–H groups in total. The van der Waals surface area contributed by atoms with Gasteiger partial charge < -0.3 is 10.6 Å². The van der Waals surface area contributed by atoms with Crippen LogP contribution in [0, 0.1) is 6.92 Å². The van der Waals surface area contributed by atoms with Crippen LogP contribution in [0.15, 0.2) is 36.4 Å². The fourth-order valence-corrected chi connectivity index (χ4v) is 3.20. The van der Waals surface area contributed by atoms with E-state index in [-0.39, 0.29) is 15.7 Å². The molecule has 9 heteroatoms. The van der Waals surface area contributed by atoms with E-state index in [9.17, 15) is 4.79 Å². The number of rotatable bonds is 4. The fraction of sp³-hybridized carbons (Fsp3) is 0.188. The van der Waals surface area contributed by atoms with Crippen molar-refractivity contribution in [3.63, 3.8) is 0 Å². The molecular formula is C16H12Cl6N2O. The Kier molecular flexibility index (Phi) is 7.00. The highest BCUT2D eigenvalue weighted by Crippen LogP contribution is 2.37. The Hall–Kier alpha value is -0.550. The summed E-state index contributed by atoms with van der Waals surface area (Å²) >= 11 is 36.1. The molecule has 0 aliphatic carbocycles. The van der Waals surface area contributed by atoms with Crippen LogP contribution in [0.3, 0.4) is 0 Å². The van der Waals surface area contributed by atoms with Crippen LogP contribution in [-0.2, 0) is 0 Å². The largest absolute Gasteiger partial charge is 0.359 e. The molecule has 1 unspecified atom stereocenters. The van der Waals surface area contributed by atoms with Crippen molar-refractivity contribution in [3.8, 4) is 0 Å². The van der Waals surface area contributed by atoms with E-state index in [1.54, 1.807) is 24.3 Å². The Morgan fingerprint density at radius 1 is 1.00 bits per heavy atom. The fourth-order valence-electron chi connectivity index (χ4n) is 1.94. The van der Waals surface area contributed by atoms with Crippen LogP contribution < -0.4 is 10.6 Å². The summed E-state index contributed by atoms with van der Waals surface area (Å²) in [7, 11) is 0. The number of nitrogens with one attached hydrogen (secondary N) is 2. The average Bonchev–Trinajstić information content (AvgIpc) is 2.48. The minimum Gasteiger partial charge on any atom is -0.359 e. The number of halogens is 6. The Bertz CT molecular complexity index is 750. The van der Waals surface area contributed by atoms with Crippen LogP contribution in [0.25, 0.3) is 0 Å². The van der Waals surface area contributed by atoms with E-state index >= 15 is 0 Å². The van der Waals surface area contributed by atoms with Gasteiger partial charge >= 0.3 is 0 Å². The Labute approximate surface area is 175 Å². The number of benzene rings is 2. The second kappa shape index (κ2) is 8.43. The maximum atomic E-state index is 12.4. The maximum absolute atomic E-state index is 12.4. The highest BCUT2D eigenvalue weighted by Gasteiger charge is 2.35. The molecule has 0 fully saturated rings. The highest BCUT2D eigenvalue weighted by molar-refractivity contribution is 6.68. The molecule has 134 valence electrons. The molecule has 0 radical (unpaired) electrons. The van der Waals surface area contributed by atoms with Gasteiger partial charge in [0.15, 0.2) is 0 Å². The summed E-state index contributed by atoms with van der Waals surface area (Å²) in [6.45, 7) is 1.91. The van der Waals surface area contributed by atoms with Crippen molar-refractivity contribution in [1.82, 2.24) is 5.32 Å². The van der Waals surface area contributed by atoms with Crippen LogP contribution in [-0.4, -0.2) is 15.9 Å². The second-order valence-corrected chi connectivity index (χ2v) is 8.82. The first-order valence-electron chi connectivity index (χ1n) is 6.93. The molecule has 0 bridgehead atoms. The van der Waals surface area contributed by atoms with E-state index in [2.05, 4.69) is 10.6 Å². The topological polar surface area (TPSA) is 41.1 Å². The number of hydrogen-bond acceptors (Lipinski definition) is 2. The molecule has 2 aromatic rings. The quantitative estimate of drug-likeness (QED) is 0.404. The lowest BCUT2D eigenvalue weighted by Gasteiger charge is -2.28. The van der Waals surface area contributed by atoms with Crippen molar-refractivity contribution in [2.75, 3.05) is 5.32 Å². The van der Waals surface area contributed by atoms with Gasteiger partial charge in [-0.3, -0.25) is 4.79 Å². The van der Waals surface area contributed by atoms with Gasteiger partial charge in [0.2, 0.25) is 3.79 Å².